The lowest BCUT2D eigenvalue weighted by atomic mass is 10.1. The Hall–Kier alpha value is -2.93. The van der Waals surface area contributed by atoms with Crippen molar-refractivity contribution in [2.45, 2.75) is 26.5 Å². The summed E-state index contributed by atoms with van der Waals surface area (Å²) in [6.45, 7) is 4.01. The van der Waals surface area contributed by atoms with Gasteiger partial charge in [0.2, 0.25) is 0 Å². The third-order valence-electron chi connectivity index (χ3n) is 4.20. The van der Waals surface area contributed by atoms with Crippen molar-refractivity contribution >= 4 is 17.2 Å². The second-order valence-electron chi connectivity index (χ2n) is 6.23. The van der Waals surface area contributed by atoms with E-state index in [9.17, 15) is 9.18 Å². The second kappa shape index (κ2) is 8.84. The molecule has 0 aliphatic carbocycles. The van der Waals surface area contributed by atoms with Crippen molar-refractivity contribution in [1.82, 2.24) is 10.3 Å². The molecule has 1 aromatic heterocycles. The minimum atomic E-state index is -0.469. The summed E-state index contributed by atoms with van der Waals surface area (Å²) in [4.78, 5) is 17.1. The van der Waals surface area contributed by atoms with Crippen molar-refractivity contribution in [1.29, 1.82) is 0 Å². The van der Waals surface area contributed by atoms with Crippen LogP contribution in [-0.4, -0.2) is 18.0 Å². The van der Waals surface area contributed by atoms with Crippen LogP contribution in [-0.2, 0) is 6.61 Å². The van der Waals surface area contributed by atoms with Crippen molar-refractivity contribution in [2.75, 3.05) is 7.11 Å². The topological polar surface area (TPSA) is 60.5 Å². The number of benzene rings is 2. The number of para-hydroxylation sites is 1. The quantitative estimate of drug-likeness (QED) is 0.626. The second-order valence-corrected chi connectivity index (χ2v) is 7.29. The van der Waals surface area contributed by atoms with Crippen LogP contribution in [0, 0.1) is 12.7 Å². The maximum absolute atomic E-state index is 13.9. The highest BCUT2D eigenvalue weighted by molar-refractivity contribution is 7.09. The Morgan fingerprint density at radius 2 is 2.04 bits per heavy atom. The van der Waals surface area contributed by atoms with Crippen molar-refractivity contribution in [2.24, 2.45) is 0 Å². The first-order valence-corrected chi connectivity index (χ1v) is 9.63. The molecule has 0 aliphatic rings. The summed E-state index contributed by atoms with van der Waals surface area (Å²) in [5.74, 6) is -0.130. The summed E-state index contributed by atoms with van der Waals surface area (Å²) in [5, 5.41) is 5.77. The van der Waals surface area contributed by atoms with E-state index in [0.717, 1.165) is 10.7 Å². The zero-order chi connectivity index (χ0) is 20.1. The summed E-state index contributed by atoms with van der Waals surface area (Å²) in [6, 6.07) is 11.2. The number of ether oxygens (including phenoxy) is 2. The van der Waals surface area contributed by atoms with Crippen molar-refractivity contribution in [3.63, 3.8) is 0 Å². The molecule has 3 aromatic rings. The Kier molecular flexibility index (Phi) is 6.26. The summed E-state index contributed by atoms with van der Waals surface area (Å²) in [7, 11) is 1.41. The number of carbonyl (C=O) groups excluding carboxylic acids is 1. The van der Waals surface area contributed by atoms with Gasteiger partial charge in [-0.25, -0.2) is 9.37 Å². The molecule has 0 spiro atoms. The molecule has 0 fully saturated rings. The van der Waals surface area contributed by atoms with Gasteiger partial charge in [0.25, 0.3) is 5.91 Å². The lowest BCUT2D eigenvalue weighted by Gasteiger charge is -2.17. The molecule has 0 radical (unpaired) electrons. The molecule has 2 aromatic carbocycles. The van der Waals surface area contributed by atoms with Crippen LogP contribution in [0.3, 0.4) is 0 Å². The van der Waals surface area contributed by atoms with Crippen LogP contribution < -0.4 is 14.8 Å². The molecule has 1 amide bonds. The Bertz CT molecular complexity index is 974. The number of methoxy groups -OCH3 is 1. The zero-order valence-electron chi connectivity index (χ0n) is 15.9. The van der Waals surface area contributed by atoms with Crippen LogP contribution in [0.1, 0.15) is 39.6 Å². The van der Waals surface area contributed by atoms with Gasteiger partial charge in [0, 0.05) is 5.38 Å². The Labute approximate surface area is 167 Å². The average molecular weight is 400 g/mol. The number of aryl methyl sites for hydroxylation is 1. The smallest absolute Gasteiger partial charge is 0.255 e. The van der Waals surface area contributed by atoms with Gasteiger partial charge in [-0.2, -0.15) is 0 Å². The highest BCUT2D eigenvalue weighted by Crippen LogP contribution is 2.24. The SMILES string of the molecule is COc1ccc(C(C)NC(=O)c2ccccc2OCc2csc(C)n2)cc1F. The predicted molar refractivity (Wildman–Crippen MR) is 106 cm³/mol. The van der Waals surface area contributed by atoms with E-state index >= 15 is 0 Å². The zero-order valence-corrected chi connectivity index (χ0v) is 16.7. The monoisotopic (exact) mass is 400 g/mol. The molecule has 0 saturated heterocycles. The molecule has 1 unspecified atom stereocenters. The van der Waals surface area contributed by atoms with Gasteiger partial charge in [0.1, 0.15) is 12.4 Å². The Morgan fingerprint density at radius 1 is 1.25 bits per heavy atom. The third-order valence-corrected chi connectivity index (χ3v) is 5.02. The first kappa shape index (κ1) is 19.8. The number of carbonyl (C=O) groups is 1. The van der Waals surface area contributed by atoms with Crippen LogP contribution in [0.4, 0.5) is 4.39 Å². The average Bonchev–Trinajstić information content (AvgIpc) is 3.11. The molecule has 0 saturated carbocycles. The van der Waals surface area contributed by atoms with Gasteiger partial charge >= 0.3 is 0 Å². The van der Waals surface area contributed by atoms with Gasteiger partial charge in [-0.15, -0.1) is 11.3 Å². The molecule has 28 heavy (non-hydrogen) atoms. The maximum atomic E-state index is 13.9. The minimum Gasteiger partial charge on any atom is -0.494 e. The van der Waals surface area contributed by atoms with Gasteiger partial charge in [0.15, 0.2) is 11.6 Å². The summed E-state index contributed by atoms with van der Waals surface area (Å²) < 4.78 is 24.7. The molecule has 7 heteroatoms. The van der Waals surface area contributed by atoms with E-state index in [4.69, 9.17) is 9.47 Å². The molecular formula is C21H21FN2O3S. The number of nitrogens with one attached hydrogen (secondary N) is 1. The number of amides is 1. The maximum Gasteiger partial charge on any atom is 0.255 e. The molecule has 1 N–H and O–H groups in total. The van der Waals surface area contributed by atoms with Gasteiger partial charge in [-0.3, -0.25) is 4.79 Å². The summed E-state index contributed by atoms with van der Waals surface area (Å²) in [6.07, 6.45) is 0. The molecule has 0 bridgehead atoms. The Morgan fingerprint density at radius 3 is 2.71 bits per heavy atom. The van der Waals surface area contributed by atoms with Crippen molar-refractivity contribution in [3.05, 3.63) is 75.5 Å². The van der Waals surface area contributed by atoms with E-state index in [2.05, 4.69) is 10.3 Å². The lowest BCUT2D eigenvalue weighted by Crippen LogP contribution is -2.27. The molecule has 1 heterocycles. The van der Waals surface area contributed by atoms with E-state index < -0.39 is 5.82 Å². The standard InChI is InChI=1S/C21H21FN2O3S/c1-13(15-8-9-20(26-3)18(22)10-15)23-21(25)17-6-4-5-7-19(17)27-11-16-12-28-14(2)24-16/h4-10,12-13H,11H2,1-3H3,(H,23,25). The number of halogens is 1. The third kappa shape index (κ3) is 4.67. The van der Waals surface area contributed by atoms with Crippen LogP contribution in [0.5, 0.6) is 11.5 Å². The number of hydrogen-bond donors (Lipinski definition) is 1. The van der Waals surface area contributed by atoms with Gasteiger partial charge in [-0.1, -0.05) is 18.2 Å². The highest BCUT2D eigenvalue weighted by Gasteiger charge is 2.17. The molecular weight excluding hydrogens is 379 g/mol. The van der Waals surface area contributed by atoms with Crippen LogP contribution in [0.15, 0.2) is 47.8 Å². The van der Waals surface area contributed by atoms with E-state index in [-0.39, 0.29) is 24.3 Å². The van der Waals surface area contributed by atoms with Crippen molar-refractivity contribution < 1.29 is 18.7 Å². The predicted octanol–water partition coefficient (Wildman–Crippen LogP) is 4.67. The normalized spacial score (nSPS) is 11.7. The number of thiazole rings is 1. The van der Waals surface area contributed by atoms with Gasteiger partial charge < -0.3 is 14.8 Å². The largest absolute Gasteiger partial charge is 0.494 e. The fraction of sp³-hybridized carbons (Fsp3) is 0.238. The first-order valence-electron chi connectivity index (χ1n) is 8.75. The van der Waals surface area contributed by atoms with E-state index in [0.29, 0.717) is 16.9 Å². The van der Waals surface area contributed by atoms with Gasteiger partial charge in [-0.05, 0) is 43.7 Å². The van der Waals surface area contributed by atoms with E-state index in [1.165, 1.54) is 13.2 Å². The fourth-order valence-electron chi connectivity index (χ4n) is 2.72. The van der Waals surface area contributed by atoms with E-state index in [1.54, 1.807) is 54.7 Å². The number of hydrogen-bond acceptors (Lipinski definition) is 5. The number of aromatic nitrogens is 1. The van der Waals surface area contributed by atoms with E-state index in [1.807, 2.05) is 12.3 Å². The van der Waals surface area contributed by atoms with Crippen LogP contribution >= 0.6 is 11.3 Å². The first-order chi connectivity index (χ1) is 13.5. The molecule has 146 valence electrons. The van der Waals surface area contributed by atoms with Crippen LogP contribution in [0.2, 0.25) is 0 Å². The highest BCUT2D eigenvalue weighted by atomic mass is 32.1. The number of rotatable bonds is 7. The number of nitrogens with zero attached hydrogens (tertiary/aromatic N) is 1. The van der Waals surface area contributed by atoms with Crippen LogP contribution in [0.25, 0.3) is 0 Å². The lowest BCUT2D eigenvalue weighted by molar-refractivity contribution is 0.0935. The summed E-state index contributed by atoms with van der Waals surface area (Å²) >= 11 is 1.55. The fourth-order valence-corrected chi connectivity index (χ4v) is 3.31. The Balaban J connectivity index is 1.70. The van der Waals surface area contributed by atoms with Crippen molar-refractivity contribution in [3.8, 4) is 11.5 Å². The summed E-state index contributed by atoms with van der Waals surface area (Å²) in [5.41, 5.74) is 1.87. The van der Waals surface area contributed by atoms with Gasteiger partial charge in [0.05, 0.1) is 29.4 Å². The minimum absolute atomic E-state index is 0.165. The molecule has 0 aliphatic heterocycles. The molecule has 3 rings (SSSR count). The molecule has 5 nitrogen and oxygen atoms in total. The molecule has 1 atom stereocenters.